The first-order valence-electron chi connectivity index (χ1n) is 8.22. The lowest BCUT2D eigenvalue weighted by Crippen LogP contribution is -2.29. The Hall–Kier alpha value is -3.15. The number of fused-ring (bicyclic) bond motifs is 2. The van der Waals surface area contributed by atoms with Crippen molar-refractivity contribution in [1.82, 2.24) is 20.6 Å². The van der Waals surface area contributed by atoms with E-state index in [1.807, 2.05) is 43.3 Å². The fourth-order valence-electron chi connectivity index (χ4n) is 3.18. The number of aromatic amines is 1. The first kappa shape index (κ1) is 15.4. The zero-order valence-electron chi connectivity index (χ0n) is 13.8. The van der Waals surface area contributed by atoms with Gasteiger partial charge in [0.1, 0.15) is 5.82 Å². The molecule has 1 aliphatic rings. The number of rotatable bonds is 4. The fourth-order valence-corrected chi connectivity index (χ4v) is 3.18. The van der Waals surface area contributed by atoms with Crippen molar-refractivity contribution in [2.24, 2.45) is 0 Å². The molecule has 0 bridgehead atoms. The molecule has 3 aromatic rings. The number of benzene rings is 2. The van der Waals surface area contributed by atoms with Gasteiger partial charge in [0.05, 0.1) is 30.0 Å². The molecule has 0 saturated heterocycles. The number of H-pyrrole nitrogens is 1. The standard InChI is InChI=1S/C19H18N4O2/c1-11-6-7-14-16(8-11)22-17(21-14)10-20-18(24)9-15-12-4-2-3-5-13(12)19(25)23-15/h2-8,15H,9-10H2,1H3,(H,20,24)(H,21,22)(H,23,25). The maximum absolute atomic E-state index is 12.3. The highest BCUT2D eigenvalue weighted by atomic mass is 16.2. The van der Waals surface area contributed by atoms with Crippen molar-refractivity contribution in [2.45, 2.75) is 25.9 Å². The Morgan fingerprint density at radius 1 is 1.24 bits per heavy atom. The topological polar surface area (TPSA) is 86.9 Å². The van der Waals surface area contributed by atoms with Gasteiger partial charge in [0.25, 0.3) is 5.91 Å². The Bertz CT molecular complexity index is 976. The van der Waals surface area contributed by atoms with E-state index in [-0.39, 0.29) is 24.3 Å². The fraction of sp³-hybridized carbons (Fsp3) is 0.211. The van der Waals surface area contributed by atoms with Crippen molar-refractivity contribution in [3.05, 3.63) is 65.0 Å². The summed E-state index contributed by atoms with van der Waals surface area (Å²) in [5.74, 6) is 0.463. The predicted octanol–water partition coefficient (Wildman–Crippen LogP) is 2.36. The minimum absolute atomic E-state index is 0.124. The zero-order valence-corrected chi connectivity index (χ0v) is 13.8. The molecule has 6 heteroatoms. The molecule has 1 unspecified atom stereocenters. The second kappa shape index (κ2) is 6.05. The molecular formula is C19H18N4O2. The Labute approximate surface area is 144 Å². The van der Waals surface area contributed by atoms with Crippen molar-refractivity contribution in [2.75, 3.05) is 0 Å². The third-order valence-electron chi connectivity index (χ3n) is 4.42. The lowest BCUT2D eigenvalue weighted by molar-refractivity contribution is -0.121. The molecule has 0 aliphatic carbocycles. The van der Waals surface area contributed by atoms with Gasteiger partial charge in [0.2, 0.25) is 5.91 Å². The number of carbonyl (C=O) groups excluding carboxylic acids is 2. The van der Waals surface area contributed by atoms with E-state index in [9.17, 15) is 9.59 Å². The molecule has 1 atom stereocenters. The van der Waals surface area contributed by atoms with Crippen LogP contribution in [0.2, 0.25) is 0 Å². The average Bonchev–Trinajstić information content (AvgIpc) is 3.14. The minimum Gasteiger partial charge on any atom is -0.349 e. The Morgan fingerprint density at radius 3 is 2.96 bits per heavy atom. The highest BCUT2D eigenvalue weighted by molar-refractivity contribution is 5.99. The molecule has 4 rings (SSSR count). The lowest BCUT2D eigenvalue weighted by Gasteiger charge is -2.11. The van der Waals surface area contributed by atoms with Crippen molar-refractivity contribution in [1.29, 1.82) is 0 Å². The minimum atomic E-state index is -0.276. The van der Waals surface area contributed by atoms with Gasteiger partial charge in [-0.15, -0.1) is 0 Å². The van der Waals surface area contributed by atoms with E-state index in [1.54, 1.807) is 6.07 Å². The van der Waals surface area contributed by atoms with Gasteiger partial charge in [0, 0.05) is 5.56 Å². The largest absolute Gasteiger partial charge is 0.349 e. The van der Waals surface area contributed by atoms with Crippen LogP contribution < -0.4 is 10.6 Å². The van der Waals surface area contributed by atoms with Crippen molar-refractivity contribution in [3.8, 4) is 0 Å². The summed E-state index contributed by atoms with van der Waals surface area (Å²) in [4.78, 5) is 31.8. The lowest BCUT2D eigenvalue weighted by atomic mass is 10.0. The second-order valence-corrected chi connectivity index (χ2v) is 6.30. The van der Waals surface area contributed by atoms with Crippen LogP contribution in [0, 0.1) is 6.92 Å². The van der Waals surface area contributed by atoms with E-state index in [4.69, 9.17) is 0 Å². The summed E-state index contributed by atoms with van der Waals surface area (Å²) in [5.41, 5.74) is 4.52. The van der Waals surface area contributed by atoms with Crippen LogP contribution in [0.25, 0.3) is 11.0 Å². The summed E-state index contributed by atoms with van der Waals surface area (Å²) in [6, 6.07) is 13.1. The number of nitrogens with one attached hydrogen (secondary N) is 3. The van der Waals surface area contributed by atoms with Gasteiger partial charge in [-0.05, 0) is 36.2 Å². The molecule has 6 nitrogen and oxygen atoms in total. The molecule has 0 saturated carbocycles. The first-order chi connectivity index (χ1) is 12.1. The number of imidazole rings is 1. The molecule has 2 amide bonds. The van der Waals surface area contributed by atoms with Crippen LogP contribution in [0.5, 0.6) is 0 Å². The van der Waals surface area contributed by atoms with Crippen LogP contribution in [0.4, 0.5) is 0 Å². The number of aromatic nitrogens is 2. The normalized spacial score (nSPS) is 15.9. The summed E-state index contributed by atoms with van der Waals surface area (Å²) < 4.78 is 0. The van der Waals surface area contributed by atoms with E-state index >= 15 is 0 Å². The van der Waals surface area contributed by atoms with E-state index in [0.29, 0.717) is 17.9 Å². The average molecular weight is 334 g/mol. The van der Waals surface area contributed by atoms with Gasteiger partial charge >= 0.3 is 0 Å². The summed E-state index contributed by atoms with van der Waals surface area (Å²) in [5, 5.41) is 5.72. The molecule has 2 heterocycles. The number of amides is 2. The quantitative estimate of drug-likeness (QED) is 0.684. The van der Waals surface area contributed by atoms with Crippen LogP contribution in [0.1, 0.15) is 39.8 Å². The van der Waals surface area contributed by atoms with Gasteiger partial charge in [0.15, 0.2) is 0 Å². The SMILES string of the molecule is Cc1ccc2nc(CNC(=O)CC3NC(=O)c4ccccc43)[nH]c2c1. The predicted molar refractivity (Wildman–Crippen MR) is 93.9 cm³/mol. The van der Waals surface area contributed by atoms with Gasteiger partial charge in [-0.2, -0.15) is 0 Å². The Morgan fingerprint density at radius 2 is 2.08 bits per heavy atom. The number of carbonyl (C=O) groups is 2. The molecule has 1 aliphatic heterocycles. The van der Waals surface area contributed by atoms with Crippen molar-refractivity contribution < 1.29 is 9.59 Å². The highest BCUT2D eigenvalue weighted by Gasteiger charge is 2.29. The van der Waals surface area contributed by atoms with Crippen LogP contribution in [0.3, 0.4) is 0 Å². The third kappa shape index (κ3) is 2.98. The molecule has 1 aromatic heterocycles. The molecule has 2 aromatic carbocycles. The van der Waals surface area contributed by atoms with Gasteiger partial charge in [-0.3, -0.25) is 9.59 Å². The highest BCUT2D eigenvalue weighted by Crippen LogP contribution is 2.27. The van der Waals surface area contributed by atoms with E-state index in [2.05, 4.69) is 20.6 Å². The summed E-state index contributed by atoms with van der Waals surface area (Å²) in [6.45, 7) is 2.35. The molecule has 0 radical (unpaired) electrons. The third-order valence-corrected chi connectivity index (χ3v) is 4.42. The van der Waals surface area contributed by atoms with Crippen LogP contribution in [0.15, 0.2) is 42.5 Å². The van der Waals surface area contributed by atoms with Crippen LogP contribution >= 0.6 is 0 Å². The zero-order chi connectivity index (χ0) is 17.4. The Balaban J connectivity index is 1.40. The molecule has 3 N–H and O–H groups in total. The first-order valence-corrected chi connectivity index (χ1v) is 8.22. The number of nitrogens with zero attached hydrogens (tertiary/aromatic N) is 1. The van der Waals surface area contributed by atoms with E-state index in [1.165, 1.54) is 0 Å². The molecular weight excluding hydrogens is 316 g/mol. The van der Waals surface area contributed by atoms with Gasteiger partial charge < -0.3 is 15.6 Å². The smallest absolute Gasteiger partial charge is 0.252 e. The monoisotopic (exact) mass is 334 g/mol. The number of aryl methyl sites for hydroxylation is 1. The molecule has 0 fully saturated rings. The molecule has 25 heavy (non-hydrogen) atoms. The van der Waals surface area contributed by atoms with Crippen molar-refractivity contribution >= 4 is 22.8 Å². The summed E-state index contributed by atoms with van der Waals surface area (Å²) in [7, 11) is 0. The van der Waals surface area contributed by atoms with Gasteiger partial charge in [-0.25, -0.2) is 4.98 Å². The second-order valence-electron chi connectivity index (χ2n) is 6.30. The molecule has 0 spiro atoms. The van der Waals surface area contributed by atoms with Crippen molar-refractivity contribution in [3.63, 3.8) is 0 Å². The number of hydrogen-bond donors (Lipinski definition) is 3. The maximum atomic E-state index is 12.3. The van der Waals surface area contributed by atoms with E-state index in [0.717, 1.165) is 22.2 Å². The molecule has 126 valence electrons. The number of hydrogen-bond acceptors (Lipinski definition) is 3. The van der Waals surface area contributed by atoms with Crippen LogP contribution in [-0.2, 0) is 11.3 Å². The van der Waals surface area contributed by atoms with E-state index < -0.39 is 0 Å². The maximum Gasteiger partial charge on any atom is 0.252 e. The summed E-state index contributed by atoms with van der Waals surface area (Å²) in [6.07, 6.45) is 0.210. The summed E-state index contributed by atoms with van der Waals surface area (Å²) >= 11 is 0. The van der Waals surface area contributed by atoms with Gasteiger partial charge in [-0.1, -0.05) is 24.3 Å². The van der Waals surface area contributed by atoms with Crippen LogP contribution in [-0.4, -0.2) is 21.8 Å². The Kier molecular flexibility index (Phi) is 3.72.